The Bertz CT molecular complexity index is 1240. The Kier molecular flexibility index (Phi) is 7.74. The molecule has 4 aromatic carbocycles. The fourth-order valence-electron chi connectivity index (χ4n) is 3.86. The lowest BCUT2D eigenvalue weighted by molar-refractivity contribution is 0.00686. The van der Waals surface area contributed by atoms with Gasteiger partial charge in [-0.25, -0.2) is 4.79 Å². The third kappa shape index (κ3) is 6.54. The maximum atomic E-state index is 13.1. The van der Waals surface area contributed by atoms with Gasteiger partial charge in [-0.1, -0.05) is 84.9 Å². The van der Waals surface area contributed by atoms with Crippen LogP contribution in [0.1, 0.15) is 47.8 Å². The molecule has 0 heterocycles. The zero-order chi connectivity index (χ0) is 25.5. The average Bonchev–Trinajstić information content (AvgIpc) is 2.86. The topological polar surface area (TPSA) is 44.8 Å². The van der Waals surface area contributed by atoms with Crippen LogP contribution in [0.2, 0.25) is 0 Å². The summed E-state index contributed by atoms with van der Waals surface area (Å²) < 4.78 is 18.4. The van der Waals surface area contributed by atoms with Crippen LogP contribution in [0, 0.1) is 6.92 Å². The molecule has 4 aromatic rings. The lowest BCUT2D eigenvalue weighted by atomic mass is 9.97. The molecule has 0 unspecified atom stereocenters. The first-order valence-corrected chi connectivity index (χ1v) is 12.1. The van der Waals surface area contributed by atoms with E-state index in [0.29, 0.717) is 30.3 Å². The van der Waals surface area contributed by atoms with Gasteiger partial charge in [0.25, 0.3) is 0 Å². The molecule has 0 aliphatic heterocycles. The van der Waals surface area contributed by atoms with Crippen molar-refractivity contribution < 1.29 is 19.0 Å². The number of hydrogen-bond donors (Lipinski definition) is 0. The molecule has 4 heteroatoms. The van der Waals surface area contributed by atoms with E-state index in [-0.39, 0.29) is 0 Å². The summed E-state index contributed by atoms with van der Waals surface area (Å²) >= 11 is 0. The number of carbonyl (C=O) groups excluding carboxylic acids is 1. The third-order valence-electron chi connectivity index (χ3n) is 5.59. The Morgan fingerprint density at radius 1 is 0.694 bits per heavy atom. The maximum Gasteiger partial charge on any atom is 0.338 e. The van der Waals surface area contributed by atoms with Crippen molar-refractivity contribution in [3.8, 4) is 22.6 Å². The summed E-state index contributed by atoms with van der Waals surface area (Å²) in [6, 6.07) is 31.5. The Hall–Kier alpha value is -4.05. The van der Waals surface area contributed by atoms with Crippen molar-refractivity contribution in [2.45, 2.75) is 46.5 Å². The number of aryl methyl sites for hydroxylation is 1. The van der Waals surface area contributed by atoms with Gasteiger partial charge in [-0.15, -0.1) is 0 Å². The SMILES string of the molecule is Cc1ccccc1-c1c(OCc2ccccc2)cc(C(=O)OC(C)(C)C)cc1OCc1ccccc1. The van der Waals surface area contributed by atoms with E-state index < -0.39 is 11.6 Å². The van der Waals surface area contributed by atoms with Gasteiger partial charge in [-0.2, -0.15) is 0 Å². The van der Waals surface area contributed by atoms with Crippen LogP contribution in [-0.2, 0) is 18.0 Å². The highest BCUT2D eigenvalue weighted by Crippen LogP contribution is 2.42. The van der Waals surface area contributed by atoms with Crippen LogP contribution in [0.4, 0.5) is 0 Å². The van der Waals surface area contributed by atoms with Gasteiger partial charge in [0.1, 0.15) is 30.3 Å². The van der Waals surface area contributed by atoms with Crippen LogP contribution in [0.25, 0.3) is 11.1 Å². The molecular weight excluding hydrogens is 448 g/mol. The van der Waals surface area contributed by atoms with Gasteiger partial charge >= 0.3 is 5.97 Å². The first kappa shape index (κ1) is 25.1. The number of esters is 1. The Morgan fingerprint density at radius 3 is 1.64 bits per heavy atom. The van der Waals surface area contributed by atoms with Crippen LogP contribution < -0.4 is 9.47 Å². The van der Waals surface area contributed by atoms with Gasteiger partial charge in [0, 0.05) is 0 Å². The number of benzene rings is 4. The number of carbonyl (C=O) groups is 1. The number of hydrogen-bond acceptors (Lipinski definition) is 4. The molecule has 0 aliphatic carbocycles. The molecule has 184 valence electrons. The van der Waals surface area contributed by atoms with Crippen LogP contribution in [0.3, 0.4) is 0 Å². The van der Waals surface area contributed by atoms with E-state index in [9.17, 15) is 4.79 Å². The highest BCUT2D eigenvalue weighted by Gasteiger charge is 2.24. The summed E-state index contributed by atoms with van der Waals surface area (Å²) in [5.41, 5.74) is 4.70. The maximum absolute atomic E-state index is 13.1. The van der Waals surface area contributed by atoms with Gasteiger partial charge < -0.3 is 14.2 Å². The minimum Gasteiger partial charge on any atom is -0.488 e. The first-order valence-electron chi connectivity index (χ1n) is 12.1. The quantitative estimate of drug-likeness (QED) is 0.242. The van der Waals surface area contributed by atoms with Gasteiger partial charge in [-0.05, 0) is 62.1 Å². The Labute approximate surface area is 213 Å². The molecule has 0 aromatic heterocycles. The summed E-state index contributed by atoms with van der Waals surface area (Å²) in [6.07, 6.45) is 0. The monoisotopic (exact) mass is 480 g/mol. The Morgan fingerprint density at radius 2 is 1.17 bits per heavy atom. The predicted octanol–water partition coefficient (Wildman–Crippen LogP) is 7.78. The van der Waals surface area contributed by atoms with Crippen molar-refractivity contribution in [2.24, 2.45) is 0 Å². The fourth-order valence-corrected chi connectivity index (χ4v) is 3.86. The number of rotatable bonds is 8. The molecule has 0 aliphatic rings. The second-order valence-electron chi connectivity index (χ2n) is 9.71. The van der Waals surface area contributed by atoms with Gasteiger partial charge in [-0.3, -0.25) is 0 Å². The van der Waals surface area contributed by atoms with Crippen molar-refractivity contribution in [1.82, 2.24) is 0 Å². The lowest BCUT2D eigenvalue weighted by Crippen LogP contribution is -2.24. The zero-order valence-electron chi connectivity index (χ0n) is 21.3. The summed E-state index contributed by atoms with van der Waals surface area (Å²) in [5.74, 6) is 0.715. The molecular formula is C32H32O4. The summed E-state index contributed by atoms with van der Waals surface area (Å²) in [4.78, 5) is 13.1. The lowest BCUT2D eigenvalue weighted by Gasteiger charge is -2.22. The van der Waals surface area contributed by atoms with E-state index in [1.54, 1.807) is 12.1 Å². The minimum absolute atomic E-state index is 0.357. The zero-order valence-corrected chi connectivity index (χ0v) is 21.3. The summed E-state index contributed by atoms with van der Waals surface area (Å²) in [7, 11) is 0. The van der Waals surface area contributed by atoms with E-state index >= 15 is 0 Å². The van der Waals surface area contributed by atoms with Crippen molar-refractivity contribution in [3.63, 3.8) is 0 Å². The molecule has 0 saturated carbocycles. The second-order valence-corrected chi connectivity index (χ2v) is 9.71. The number of ether oxygens (including phenoxy) is 3. The average molecular weight is 481 g/mol. The van der Waals surface area contributed by atoms with E-state index in [4.69, 9.17) is 14.2 Å². The van der Waals surface area contributed by atoms with Crippen molar-refractivity contribution >= 4 is 5.97 Å². The Balaban J connectivity index is 1.81. The normalized spacial score (nSPS) is 11.1. The molecule has 0 saturated heterocycles. The van der Waals surface area contributed by atoms with Crippen molar-refractivity contribution in [3.05, 3.63) is 119 Å². The van der Waals surface area contributed by atoms with Gasteiger partial charge in [0.05, 0.1) is 11.1 Å². The van der Waals surface area contributed by atoms with Gasteiger partial charge in [0.15, 0.2) is 0 Å². The first-order chi connectivity index (χ1) is 17.3. The highest BCUT2D eigenvalue weighted by molar-refractivity contribution is 5.93. The molecule has 0 atom stereocenters. The predicted molar refractivity (Wildman–Crippen MR) is 143 cm³/mol. The van der Waals surface area contributed by atoms with Gasteiger partial charge in [0.2, 0.25) is 0 Å². The van der Waals surface area contributed by atoms with Crippen LogP contribution >= 0.6 is 0 Å². The van der Waals surface area contributed by atoms with Crippen LogP contribution in [-0.4, -0.2) is 11.6 Å². The molecule has 4 rings (SSSR count). The highest BCUT2D eigenvalue weighted by atomic mass is 16.6. The van der Waals surface area contributed by atoms with E-state index in [1.807, 2.05) is 99.6 Å². The molecule has 0 N–H and O–H groups in total. The molecule has 0 spiro atoms. The van der Waals surface area contributed by atoms with E-state index in [0.717, 1.165) is 27.8 Å². The molecule has 0 fully saturated rings. The smallest absolute Gasteiger partial charge is 0.338 e. The van der Waals surface area contributed by atoms with Crippen LogP contribution in [0.5, 0.6) is 11.5 Å². The molecule has 4 nitrogen and oxygen atoms in total. The minimum atomic E-state index is -0.623. The molecule has 0 bridgehead atoms. The van der Waals surface area contributed by atoms with E-state index in [1.165, 1.54) is 0 Å². The molecule has 0 radical (unpaired) electrons. The molecule has 36 heavy (non-hydrogen) atoms. The standard InChI is InChI=1S/C32H32O4/c1-23-13-11-12-18-27(23)30-28(34-21-24-14-7-5-8-15-24)19-26(31(33)36-32(2,3)4)20-29(30)35-22-25-16-9-6-10-17-25/h5-20H,21-22H2,1-4H3. The second kappa shape index (κ2) is 11.1. The fraction of sp³-hybridized carbons (Fsp3) is 0.219. The summed E-state index contributed by atoms with van der Waals surface area (Å²) in [5, 5.41) is 0. The van der Waals surface area contributed by atoms with Crippen molar-refractivity contribution in [1.29, 1.82) is 0 Å². The van der Waals surface area contributed by atoms with Crippen molar-refractivity contribution in [2.75, 3.05) is 0 Å². The summed E-state index contributed by atoms with van der Waals surface area (Å²) in [6.45, 7) is 8.33. The van der Waals surface area contributed by atoms with Crippen LogP contribution in [0.15, 0.2) is 97.1 Å². The molecule has 0 amide bonds. The largest absolute Gasteiger partial charge is 0.488 e. The third-order valence-corrected chi connectivity index (χ3v) is 5.59. The van der Waals surface area contributed by atoms with E-state index in [2.05, 4.69) is 13.0 Å².